The summed E-state index contributed by atoms with van der Waals surface area (Å²) in [4.78, 5) is 18.0. The number of anilines is 1. The molecule has 1 aromatic carbocycles. The number of aromatic nitrogens is 1. The normalized spacial score (nSPS) is 12.5. The molecule has 1 atom stereocenters. The van der Waals surface area contributed by atoms with E-state index in [1.165, 1.54) is 116 Å². The maximum Gasteiger partial charge on any atom is 0.388 e. The molecule has 2 N–H and O–H groups in total. The number of unbranched alkanes of at least 4 members (excludes halogenated alkanes) is 23. The smallest absolute Gasteiger partial charge is 0.388 e. The molecule has 8 nitrogen and oxygen atoms in total. The van der Waals surface area contributed by atoms with E-state index in [4.69, 9.17) is 9.26 Å². The van der Waals surface area contributed by atoms with Gasteiger partial charge in [-0.1, -0.05) is 182 Å². The number of rotatable bonds is 42. The fourth-order valence-electron chi connectivity index (χ4n) is 7.65. The predicted octanol–water partition coefficient (Wildman–Crippen LogP) is 16.2. The van der Waals surface area contributed by atoms with Crippen molar-refractivity contribution >= 4 is 29.7 Å². The maximum atomic E-state index is 15.1. The third kappa shape index (κ3) is 29.1. The van der Waals surface area contributed by atoms with Crippen molar-refractivity contribution in [2.45, 2.75) is 227 Å². The van der Waals surface area contributed by atoms with Crippen LogP contribution in [0.3, 0.4) is 0 Å². The van der Waals surface area contributed by atoms with E-state index >= 15 is 4.57 Å². The Morgan fingerprint density at radius 1 is 0.574 bits per heavy atom. The van der Waals surface area contributed by atoms with Gasteiger partial charge in [-0.25, -0.2) is 9.57 Å². The lowest BCUT2D eigenvalue weighted by molar-refractivity contribution is -0.113. The zero-order chi connectivity index (χ0) is 44.1. The fraction of sp³-hybridized carbons (Fsp3) is 0.765. The molecule has 61 heavy (non-hydrogen) atoms. The van der Waals surface area contributed by atoms with Gasteiger partial charge < -0.3 is 14.6 Å². The van der Waals surface area contributed by atoms with Gasteiger partial charge in [0.25, 0.3) is 0 Å². The summed E-state index contributed by atoms with van der Waals surface area (Å²) in [7, 11) is 0. The Bertz CT molecular complexity index is 1400. The lowest BCUT2D eigenvalue weighted by Gasteiger charge is -2.29. The summed E-state index contributed by atoms with van der Waals surface area (Å²) in [5.74, 6) is 1.04. The molecule has 0 saturated carbocycles. The first-order chi connectivity index (χ1) is 29.8. The van der Waals surface area contributed by atoms with Crippen LogP contribution in [0.5, 0.6) is 11.5 Å². The number of carbonyl (C=O) groups excluding carboxylic acids is 1. The molecule has 0 fully saturated rings. The minimum atomic E-state index is -3.67. The number of benzene rings is 1. The van der Waals surface area contributed by atoms with Gasteiger partial charge in [0.05, 0.1) is 24.2 Å². The lowest BCUT2D eigenvalue weighted by atomic mass is 10.0. The van der Waals surface area contributed by atoms with Crippen molar-refractivity contribution in [1.29, 1.82) is 0 Å². The van der Waals surface area contributed by atoms with Gasteiger partial charge in [0, 0.05) is 25.4 Å². The highest BCUT2D eigenvalue weighted by molar-refractivity contribution is 8.56. The summed E-state index contributed by atoms with van der Waals surface area (Å²) >= 11 is 1.07. The number of nitrogens with zero attached hydrogens (tertiary/aromatic N) is 2. The summed E-state index contributed by atoms with van der Waals surface area (Å²) in [5, 5.41) is 8.48. The molecule has 350 valence electrons. The van der Waals surface area contributed by atoms with Crippen LogP contribution >= 0.6 is 18.1 Å². The Morgan fingerprint density at radius 2 is 1.05 bits per heavy atom. The minimum absolute atomic E-state index is 0.0242. The standard InChI is InChI=1S/C51H91N4O4PS/c1-6-11-16-19-22-24-26-29-34-46-40-49(58-38-33-28-21-18-13-8-3)42-50(41-46)59-60(57,54-55(36-31-14-9-4)37-32-15-10-5)61-45-51(56)53-48-39-47(43-52-44-48)35-30-27-25-23-20-17-12-7-2/h39-44H,6-38,45H2,1-5H3,(H,53,56)(H,54,57). The van der Waals surface area contributed by atoms with E-state index in [1.807, 2.05) is 24.4 Å². The molecule has 0 aliphatic rings. The van der Waals surface area contributed by atoms with E-state index in [9.17, 15) is 4.79 Å². The van der Waals surface area contributed by atoms with Crippen LogP contribution in [0.1, 0.15) is 226 Å². The van der Waals surface area contributed by atoms with Crippen molar-refractivity contribution in [3.8, 4) is 11.5 Å². The average molecular weight is 887 g/mol. The lowest BCUT2D eigenvalue weighted by Crippen LogP contribution is -2.38. The van der Waals surface area contributed by atoms with Crippen molar-refractivity contribution in [3.63, 3.8) is 0 Å². The van der Waals surface area contributed by atoms with E-state index in [-0.39, 0.29) is 11.7 Å². The number of carbonyl (C=O) groups is 1. The van der Waals surface area contributed by atoms with Crippen molar-refractivity contribution in [1.82, 2.24) is 15.2 Å². The van der Waals surface area contributed by atoms with Gasteiger partial charge >= 0.3 is 6.72 Å². The van der Waals surface area contributed by atoms with Gasteiger partial charge in [-0.15, -0.1) is 0 Å². The molecule has 1 aromatic heterocycles. The zero-order valence-corrected chi connectivity index (χ0v) is 41.6. The minimum Gasteiger partial charge on any atom is -0.493 e. The molecule has 2 rings (SSSR count). The molecule has 1 unspecified atom stereocenters. The molecule has 1 amide bonds. The molecular weight excluding hydrogens is 796 g/mol. The number of aryl methyl sites for hydroxylation is 2. The Morgan fingerprint density at radius 3 is 1.61 bits per heavy atom. The second kappa shape index (κ2) is 37.3. The van der Waals surface area contributed by atoms with Crippen LogP contribution in [0, 0.1) is 0 Å². The monoisotopic (exact) mass is 887 g/mol. The van der Waals surface area contributed by atoms with Crippen LogP contribution in [0.2, 0.25) is 0 Å². The summed E-state index contributed by atoms with van der Waals surface area (Å²) < 4.78 is 28.0. The second-order valence-corrected chi connectivity index (χ2v) is 21.5. The third-order valence-electron chi connectivity index (χ3n) is 11.3. The summed E-state index contributed by atoms with van der Waals surface area (Å²) in [5.41, 5.74) is 2.94. The van der Waals surface area contributed by atoms with Gasteiger partial charge in [-0.05, 0) is 85.7 Å². The molecule has 0 radical (unpaired) electrons. The first kappa shape index (κ1) is 55.1. The van der Waals surface area contributed by atoms with E-state index in [0.29, 0.717) is 18.0 Å². The molecule has 0 saturated heterocycles. The fourth-order valence-corrected chi connectivity index (χ4v) is 10.9. The molecule has 2 aromatic rings. The molecule has 0 aliphatic carbocycles. The van der Waals surface area contributed by atoms with Gasteiger partial charge in [0.2, 0.25) is 5.91 Å². The number of amides is 1. The third-order valence-corrected chi connectivity index (χ3v) is 14.9. The first-order valence-corrected chi connectivity index (χ1v) is 28.5. The molecule has 1 heterocycles. The SMILES string of the molecule is CCCCCCCCCCc1cncc(NC(=O)CSP(=O)(NN(CCCCC)CCCCC)Oc2cc(CCCCCCCCCC)cc(OCCCCCCCC)c2)c1. The van der Waals surface area contributed by atoms with Gasteiger partial charge in [0.1, 0.15) is 11.5 Å². The highest BCUT2D eigenvalue weighted by Gasteiger charge is 2.30. The Kier molecular flexibility index (Phi) is 33.7. The van der Waals surface area contributed by atoms with E-state index in [2.05, 4.69) is 61.2 Å². The molecular formula is C51H91N4O4PS. The molecule has 0 spiro atoms. The van der Waals surface area contributed by atoms with Gasteiger partial charge in [-0.3, -0.25) is 9.78 Å². The summed E-state index contributed by atoms with van der Waals surface area (Å²) in [6.45, 7) is 9.68. The van der Waals surface area contributed by atoms with Crippen LogP contribution in [0.15, 0.2) is 36.7 Å². The number of hydrogen-bond donors (Lipinski definition) is 2. The van der Waals surface area contributed by atoms with E-state index in [0.717, 1.165) is 118 Å². The van der Waals surface area contributed by atoms with Crippen LogP contribution in [0.4, 0.5) is 5.69 Å². The highest BCUT2D eigenvalue weighted by Crippen LogP contribution is 2.56. The van der Waals surface area contributed by atoms with E-state index in [1.54, 1.807) is 6.20 Å². The predicted molar refractivity (Wildman–Crippen MR) is 265 cm³/mol. The Balaban J connectivity index is 2.22. The second-order valence-electron chi connectivity index (χ2n) is 17.4. The van der Waals surface area contributed by atoms with Crippen LogP contribution in [-0.2, 0) is 22.2 Å². The van der Waals surface area contributed by atoms with Crippen LogP contribution < -0.4 is 19.8 Å². The first-order valence-electron chi connectivity index (χ1n) is 25.3. The quantitative estimate of drug-likeness (QED) is 0.0387. The Labute approximate surface area is 379 Å². The summed E-state index contributed by atoms with van der Waals surface area (Å²) in [6, 6.07) is 8.10. The van der Waals surface area contributed by atoms with Crippen molar-refractivity contribution in [3.05, 3.63) is 47.8 Å². The van der Waals surface area contributed by atoms with Crippen molar-refractivity contribution in [2.75, 3.05) is 30.8 Å². The Hall–Kier alpha value is -2.06. The highest BCUT2D eigenvalue weighted by atomic mass is 32.7. The molecule has 0 bridgehead atoms. The van der Waals surface area contributed by atoms with Gasteiger partial charge in [-0.2, -0.15) is 5.20 Å². The molecule has 10 heteroatoms. The number of pyridine rings is 1. The maximum absolute atomic E-state index is 15.1. The van der Waals surface area contributed by atoms with Crippen LogP contribution in [0.25, 0.3) is 0 Å². The van der Waals surface area contributed by atoms with Crippen molar-refractivity contribution < 1.29 is 18.6 Å². The van der Waals surface area contributed by atoms with Gasteiger partial charge in [0.15, 0.2) is 0 Å². The summed E-state index contributed by atoms with van der Waals surface area (Å²) in [6.07, 6.45) is 39.4. The number of hydrogen-bond acceptors (Lipinski definition) is 7. The number of nitrogens with one attached hydrogen (secondary N) is 2. The molecule has 0 aliphatic heterocycles. The topological polar surface area (TPSA) is 92.8 Å². The number of hydrazine groups is 1. The van der Waals surface area contributed by atoms with Crippen LogP contribution in [-0.4, -0.2) is 41.3 Å². The largest absolute Gasteiger partial charge is 0.493 e. The zero-order valence-electron chi connectivity index (χ0n) is 39.9. The number of ether oxygens (including phenoxy) is 1. The van der Waals surface area contributed by atoms with Crippen molar-refractivity contribution in [2.24, 2.45) is 0 Å². The average Bonchev–Trinajstić information content (AvgIpc) is 3.25. The van der Waals surface area contributed by atoms with E-state index < -0.39 is 6.72 Å².